The fraction of sp³-hybridized carbons (Fsp3) is 0.474. The summed E-state index contributed by atoms with van der Waals surface area (Å²) in [5.41, 5.74) is 0.847. The first kappa shape index (κ1) is 18.3. The van der Waals surface area contributed by atoms with E-state index in [4.69, 9.17) is 0 Å². The quantitative estimate of drug-likeness (QED) is 0.713. The Morgan fingerprint density at radius 1 is 0.964 bits per heavy atom. The van der Waals surface area contributed by atoms with E-state index in [1.807, 2.05) is 4.90 Å². The highest BCUT2D eigenvalue weighted by molar-refractivity contribution is 6.21. The minimum absolute atomic E-state index is 0.00815. The monoisotopic (exact) mass is 382 g/mol. The summed E-state index contributed by atoms with van der Waals surface area (Å²) >= 11 is 0. The molecule has 146 valence electrons. The first-order valence-corrected chi connectivity index (χ1v) is 9.63. The molecule has 0 unspecified atom stereocenters. The molecular weight excluding hydrogens is 360 g/mol. The molecule has 2 aromatic rings. The lowest BCUT2D eigenvalue weighted by Crippen LogP contribution is -2.35. The van der Waals surface area contributed by atoms with Crippen LogP contribution in [0.2, 0.25) is 0 Å². The third-order valence-corrected chi connectivity index (χ3v) is 5.17. The number of aromatic nitrogens is 4. The summed E-state index contributed by atoms with van der Waals surface area (Å²) in [4.78, 5) is 41.5. The van der Waals surface area contributed by atoms with Gasteiger partial charge in [0.05, 0.1) is 11.1 Å². The number of carbonyl (C=O) groups is 3. The zero-order valence-corrected chi connectivity index (χ0v) is 15.6. The number of amides is 3. The highest BCUT2D eigenvalue weighted by Crippen LogP contribution is 2.22. The van der Waals surface area contributed by atoms with Crippen LogP contribution in [0.15, 0.2) is 24.3 Å². The van der Waals surface area contributed by atoms with Crippen LogP contribution in [0.5, 0.6) is 0 Å². The molecule has 9 nitrogen and oxygen atoms in total. The fourth-order valence-corrected chi connectivity index (χ4v) is 3.64. The summed E-state index contributed by atoms with van der Waals surface area (Å²) < 4.78 is 0. The summed E-state index contributed by atoms with van der Waals surface area (Å²) in [6, 6.07) is 6.78. The lowest BCUT2D eigenvalue weighted by atomic mass is 10.1. The molecule has 1 fully saturated rings. The lowest BCUT2D eigenvalue weighted by Gasteiger charge is -2.19. The van der Waals surface area contributed by atoms with Crippen molar-refractivity contribution in [1.82, 2.24) is 30.0 Å². The maximum Gasteiger partial charge on any atom is 0.261 e. The average Bonchev–Trinajstić information content (AvgIpc) is 3.10. The van der Waals surface area contributed by atoms with E-state index in [0.717, 1.165) is 38.8 Å². The Labute approximate surface area is 162 Å². The van der Waals surface area contributed by atoms with Crippen LogP contribution >= 0.6 is 0 Å². The van der Waals surface area contributed by atoms with Gasteiger partial charge in [-0.25, -0.2) is 0 Å². The topological polar surface area (TPSA) is 101 Å². The number of carbonyl (C=O) groups excluding carboxylic acids is 3. The second-order valence-electron chi connectivity index (χ2n) is 7.09. The summed E-state index contributed by atoms with van der Waals surface area (Å²) in [5, 5.41) is 12.1. The molecule has 1 saturated heterocycles. The van der Waals surface area contributed by atoms with Crippen molar-refractivity contribution < 1.29 is 14.4 Å². The van der Waals surface area contributed by atoms with Gasteiger partial charge < -0.3 is 4.90 Å². The van der Waals surface area contributed by atoms with Crippen molar-refractivity contribution in [2.75, 3.05) is 19.6 Å². The number of fused-ring (bicyclic) bond motifs is 1. The molecular formula is C19H22N6O3. The van der Waals surface area contributed by atoms with Crippen LogP contribution in [0.25, 0.3) is 0 Å². The van der Waals surface area contributed by atoms with Crippen molar-refractivity contribution in [3.63, 3.8) is 0 Å². The fourth-order valence-electron chi connectivity index (χ4n) is 3.64. The third kappa shape index (κ3) is 3.64. The SMILES string of the molecule is O=C(Cn1nnc(CCN2C(=O)c3ccccc3C2=O)n1)N1CCCCCC1. The normalized spacial score (nSPS) is 17.0. The number of tetrazole rings is 1. The van der Waals surface area contributed by atoms with Crippen LogP contribution in [-0.4, -0.2) is 67.4 Å². The van der Waals surface area contributed by atoms with Gasteiger partial charge >= 0.3 is 0 Å². The first-order chi connectivity index (χ1) is 13.6. The molecule has 1 aromatic carbocycles. The largest absolute Gasteiger partial charge is 0.341 e. The Balaban J connectivity index is 1.34. The molecule has 2 aliphatic heterocycles. The molecule has 0 N–H and O–H groups in total. The van der Waals surface area contributed by atoms with Gasteiger partial charge in [0.15, 0.2) is 5.82 Å². The van der Waals surface area contributed by atoms with Gasteiger partial charge in [-0.2, -0.15) is 4.80 Å². The second kappa shape index (κ2) is 7.87. The zero-order chi connectivity index (χ0) is 19.5. The van der Waals surface area contributed by atoms with Crippen molar-refractivity contribution in [2.45, 2.75) is 38.6 Å². The predicted molar refractivity (Wildman–Crippen MR) is 98.4 cm³/mol. The molecule has 0 radical (unpaired) electrons. The Hall–Kier alpha value is -3.10. The summed E-state index contributed by atoms with van der Waals surface area (Å²) in [6.07, 6.45) is 4.67. The number of hydrogen-bond acceptors (Lipinski definition) is 6. The van der Waals surface area contributed by atoms with Gasteiger partial charge in [0.25, 0.3) is 11.8 Å². The van der Waals surface area contributed by atoms with E-state index >= 15 is 0 Å². The van der Waals surface area contributed by atoms with Crippen molar-refractivity contribution in [3.8, 4) is 0 Å². The highest BCUT2D eigenvalue weighted by Gasteiger charge is 2.34. The molecule has 3 heterocycles. The van der Waals surface area contributed by atoms with Gasteiger partial charge in [0.1, 0.15) is 6.54 Å². The van der Waals surface area contributed by atoms with Gasteiger partial charge in [-0.15, -0.1) is 10.2 Å². The van der Waals surface area contributed by atoms with E-state index in [1.165, 1.54) is 9.70 Å². The van der Waals surface area contributed by atoms with Crippen LogP contribution in [0.4, 0.5) is 0 Å². The van der Waals surface area contributed by atoms with Crippen LogP contribution < -0.4 is 0 Å². The standard InChI is InChI=1S/C19H22N6O3/c26-17(23-10-5-1-2-6-11-23)13-25-21-16(20-22-25)9-12-24-18(27)14-7-3-4-8-15(14)19(24)28/h3-4,7-8H,1-2,5-6,9-13H2. The number of benzene rings is 1. The van der Waals surface area contributed by atoms with Crippen LogP contribution in [0.1, 0.15) is 52.2 Å². The number of rotatable bonds is 5. The average molecular weight is 382 g/mol. The van der Waals surface area contributed by atoms with Gasteiger partial charge in [0.2, 0.25) is 5.91 Å². The molecule has 0 bridgehead atoms. The molecule has 0 saturated carbocycles. The van der Waals surface area contributed by atoms with E-state index in [1.54, 1.807) is 24.3 Å². The number of imide groups is 1. The van der Waals surface area contributed by atoms with Crippen molar-refractivity contribution >= 4 is 17.7 Å². The van der Waals surface area contributed by atoms with E-state index in [-0.39, 0.29) is 30.8 Å². The lowest BCUT2D eigenvalue weighted by molar-refractivity contribution is -0.132. The smallest absolute Gasteiger partial charge is 0.261 e. The van der Waals surface area contributed by atoms with Gasteiger partial charge in [-0.3, -0.25) is 19.3 Å². The first-order valence-electron chi connectivity index (χ1n) is 9.63. The van der Waals surface area contributed by atoms with Crippen LogP contribution in [-0.2, 0) is 17.8 Å². The number of hydrogen-bond donors (Lipinski definition) is 0. The molecule has 28 heavy (non-hydrogen) atoms. The second-order valence-corrected chi connectivity index (χ2v) is 7.09. The summed E-state index contributed by atoms with van der Waals surface area (Å²) in [7, 11) is 0. The maximum absolute atomic E-state index is 12.4. The number of nitrogens with zero attached hydrogens (tertiary/aromatic N) is 6. The molecule has 0 aliphatic carbocycles. The van der Waals surface area contributed by atoms with Crippen LogP contribution in [0.3, 0.4) is 0 Å². The molecule has 0 spiro atoms. The minimum atomic E-state index is -0.302. The van der Waals surface area contributed by atoms with Crippen molar-refractivity contribution in [2.24, 2.45) is 0 Å². The molecule has 3 amide bonds. The van der Waals surface area contributed by atoms with E-state index in [2.05, 4.69) is 15.4 Å². The van der Waals surface area contributed by atoms with Gasteiger partial charge in [-0.1, -0.05) is 25.0 Å². The minimum Gasteiger partial charge on any atom is -0.341 e. The van der Waals surface area contributed by atoms with Crippen molar-refractivity contribution in [1.29, 1.82) is 0 Å². The molecule has 1 aromatic heterocycles. The van der Waals surface area contributed by atoms with Gasteiger partial charge in [0, 0.05) is 26.1 Å². The Kier molecular flexibility index (Phi) is 5.14. The van der Waals surface area contributed by atoms with Gasteiger partial charge in [-0.05, 0) is 30.2 Å². The molecule has 0 atom stereocenters. The summed E-state index contributed by atoms with van der Waals surface area (Å²) in [6.45, 7) is 1.79. The molecule has 4 rings (SSSR count). The van der Waals surface area contributed by atoms with Crippen LogP contribution in [0, 0.1) is 0 Å². The number of likely N-dealkylation sites (tertiary alicyclic amines) is 1. The summed E-state index contributed by atoms with van der Waals surface area (Å²) in [5.74, 6) is -0.208. The van der Waals surface area contributed by atoms with E-state index in [0.29, 0.717) is 23.4 Å². The maximum atomic E-state index is 12.4. The van der Waals surface area contributed by atoms with E-state index in [9.17, 15) is 14.4 Å². The zero-order valence-electron chi connectivity index (χ0n) is 15.6. The molecule has 2 aliphatic rings. The Morgan fingerprint density at radius 3 is 2.25 bits per heavy atom. The van der Waals surface area contributed by atoms with E-state index < -0.39 is 0 Å². The highest BCUT2D eigenvalue weighted by atomic mass is 16.2. The predicted octanol–water partition coefficient (Wildman–Crippen LogP) is 0.914. The van der Waals surface area contributed by atoms with Crippen molar-refractivity contribution in [3.05, 3.63) is 41.2 Å². The third-order valence-electron chi connectivity index (χ3n) is 5.17. The Bertz CT molecular complexity index is 866. The Morgan fingerprint density at radius 2 is 1.61 bits per heavy atom. The molecule has 9 heteroatoms.